The first-order valence-corrected chi connectivity index (χ1v) is 8.17. The van der Waals surface area contributed by atoms with Gasteiger partial charge in [-0.25, -0.2) is 0 Å². The van der Waals surface area contributed by atoms with Gasteiger partial charge in [-0.05, 0) is 11.8 Å². The van der Waals surface area contributed by atoms with Gasteiger partial charge < -0.3 is 4.74 Å². The van der Waals surface area contributed by atoms with E-state index in [1.54, 1.807) is 0 Å². The van der Waals surface area contributed by atoms with E-state index in [4.69, 9.17) is 4.74 Å². The lowest BCUT2D eigenvalue weighted by Crippen LogP contribution is -2.23. The summed E-state index contributed by atoms with van der Waals surface area (Å²) in [4.78, 5) is 0. The van der Waals surface area contributed by atoms with Crippen molar-refractivity contribution in [2.45, 2.75) is 102 Å². The Balaban J connectivity index is -0.0000000881. The van der Waals surface area contributed by atoms with Gasteiger partial charge in [-0.1, -0.05) is 102 Å². The molecule has 3 fully saturated rings. The van der Waals surface area contributed by atoms with Crippen LogP contribution in [-0.2, 0) is 4.74 Å². The van der Waals surface area contributed by atoms with Crippen molar-refractivity contribution in [2.75, 3.05) is 13.2 Å². The van der Waals surface area contributed by atoms with Crippen molar-refractivity contribution in [1.29, 1.82) is 0 Å². The zero-order valence-corrected chi connectivity index (χ0v) is 13.5. The molecule has 0 radical (unpaired) electrons. The van der Waals surface area contributed by atoms with Gasteiger partial charge in [0.15, 0.2) is 0 Å². The van der Waals surface area contributed by atoms with Crippen LogP contribution in [0.15, 0.2) is 0 Å². The lowest BCUT2D eigenvalue weighted by atomic mass is 9.88. The van der Waals surface area contributed by atoms with E-state index in [9.17, 15) is 0 Å². The number of rotatable bonds is 1. The van der Waals surface area contributed by atoms with Crippen LogP contribution in [0, 0.1) is 17.8 Å². The average Bonchev–Trinajstić information content (AvgIpc) is 3.08. The van der Waals surface area contributed by atoms with Crippen molar-refractivity contribution in [1.82, 2.24) is 0 Å². The summed E-state index contributed by atoms with van der Waals surface area (Å²) in [6, 6.07) is 0. The van der Waals surface area contributed by atoms with E-state index in [1.165, 1.54) is 44.9 Å². The quantitative estimate of drug-likeness (QED) is 0.485. The fraction of sp³-hybridized carbons (Fsp3) is 1.00. The first-order valence-electron chi connectivity index (χ1n) is 8.17. The molecule has 0 spiro atoms. The Bertz CT molecular complexity index is 141. The molecule has 0 unspecified atom stereocenters. The zero-order chi connectivity index (χ0) is 13.8. The monoisotopic (exact) mass is 304 g/mol. The number of ether oxygens (including phenoxy) is 1. The van der Waals surface area contributed by atoms with Crippen molar-refractivity contribution in [3.8, 4) is 0 Å². The molecule has 1 heterocycles. The zero-order valence-electron chi connectivity index (χ0n) is 13.5. The highest BCUT2D eigenvalue weighted by atomic mass is 16.5. The fourth-order valence-electron chi connectivity index (χ4n) is 1.13. The van der Waals surface area contributed by atoms with Crippen LogP contribution in [-0.4, -0.2) is 13.2 Å². The van der Waals surface area contributed by atoms with Crippen LogP contribution < -0.4 is 0 Å². The summed E-state index contributed by atoms with van der Waals surface area (Å²) in [6.07, 6.45) is 10.1. The summed E-state index contributed by atoms with van der Waals surface area (Å²) < 4.78 is 4.83. The summed E-state index contributed by atoms with van der Waals surface area (Å²) in [5.41, 5.74) is 0. The molecule has 2 saturated carbocycles. The lowest BCUT2D eigenvalue weighted by Gasteiger charge is -2.20. The Hall–Kier alpha value is -0.0400. The second-order valence-electron chi connectivity index (χ2n) is 6.36. The number of hydrogen-bond donors (Lipinski definition) is 0. The largest absolute Gasteiger partial charge is 0.381 e. The first-order chi connectivity index (χ1) is 8.60. The molecule has 2 aliphatic carbocycles. The SMILES string of the molecule is C.C.C.CC1CC1.CC1CCC1.CC1COC1.CCCC. The summed E-state index contributed by atoms with van der Waals surface area (Å²) in [7, 11) is 0. The van der Waals surface area contributed by atoms with Gasteiger partial charge in [0.05, 0.1) is 13.2 Å². The van der Waals surface area contributed by atoms with E-state index in [2.05, 4.69) is 34.6 Å². The third kappa shape index (κ3) is 25.3. The minimum absolute atomic E-state index is 0. The van der Waals surface area contributed by atoms with Gasteiger partial charge in [-0.2, -0.15) is 0 Å². The summed E-state index contributed by atoms with van der Waals surface area (Å²) >= 11 is 0. The van der Waals surface area contributed by atoms with E-state index < -0.39 is 0 Å². The molecule has 0 aromatic rings. The Morgan fingerprint density at radius 3 is 0.952 bits per heavy atom. The van der Waals surface area contributed by atoms with Crippen molar-refractivity contribution in [3.05, 3.63) is 0 Å². The van der Waals surface area contributed by atoms with Crippen molar-refractivity contribution in [3.63, 3.8) is 0 Å². The summed E-state index contributed by atoms with van der Waals surface area (Å²) in [5.74, 6) is 2.99. The Morgan fingerprint density at radius 2 is 0.952 bits per heavy atom. The number of unbranched alkanes of at least 4 members (excludes halogenated alkanes) is 1. The molecular weight excluding hydrogens is 256 g/mol. The summed E-state index contributed by atoms with van der Waals surface area (Å²) in [5, 5.41) is 0. The number of hydrogen-bond acceptors (Lipinski definition) is 1. The molecule has 1 nitrogen and oxygen atoms in total. The molecule has 0 atom stereocenters. The Labute approximate surface area is 138 Å². The van der Waals surface area contributed by atoms with Gasteiger partial charge >= 0.3 is 0 Å². The predicted molar refractivity (Wildman–Crippen MR) is 102 cm³/mol. The smallest absolute Gasteiger partial charge is 0.0513 e. The maximum absolute atomic E-state index is 4.83. The average molecular weight is 305 g/mol. The van der Waals surface area contributed by atoms with Gasteiger partial charge in [0.2, 0.25) is 0 Å². The highest BCUT2D eigenvalue weighted by molar-refractivity contribution is 4.65. The van der Waals surface area contributed by atoms with Crippen LogP contribution in [0.5, 0.6) is 0 Å². The molecule has 0 bridgehead atoms. The van der Waals surface area contributed by atoms with Gasteiger partial charge in [0.1, 0.15) is 0 Å². The topological polar surface area (TPSA) is 9.23 Å². The van der Waals surface area contributed by atoms with E-state index in [0.29, 0.717) is 0 Å². The molecule has 1 saturated heterocycles. The fourth-order valence-corrected chi connectivity index (χ4v) is 1.13. The van der Waals surface area contributed by atoms with Crippen LogP contribution in [0.25, 0.3) is 0 Å². The van der Waals surface area contributed by atoms with Crippen molar-refractivity contribution >= 4 is 0 Å². The van der Waals surface area contributed by atoms with E-state index >= 15 is 0 Å². The molecule has 0 amide bonds. The van der Waals surface area contributed by atoms with Crippen molar-refractivity contribution in [2.24, 2.45) is 17.8 Å². The highest BCUT2D eigenvalue weighted by Crippen LogP contribution is 2.26. The standard InChI is InChI=1S/C5H10.C4H8O.C4H8.C4H10.3CH4/c1-5-3-2-4-5;1-4-2-5-3-4;1-4-2-3-4;1-3-4-2;;;/h5H,2-4H2,1H3;4H,2-3H2,1H3;4H,2-3H2,1H3;3-4H2,1-2H3;3*1H4. The first kappa shape index (κ1) is 29.0. The highest BCUT2D eigenvalue weighted by Gasteiger charge is 2.12. The minimum atomic E-state index is 0. The third-order valence-corrected chi connectivity index (χ3v) is 3.56. The predicted octanol–water partition coefficient (Wildman–Crippen LogP) is 7.59. The maximum Gasteiger partial charge on any atom is 0.0513 e. The molecule has 3 rings (SSSR count). The maximum atomic E-state index is 4.83. The molecule has 1 heteroatoms. The second kappa shape index (κ2) is 20.0. The van der Waals surface area contributed by atoms with E-state index in [1.807, 2.05) is 0 Å². The lowest BCUT2D eigenvalue weighted by molar-refractivity contribution is -0.0221. The van der Waals surface area contributed by atoms with Crippen LogP contribution in [0.2, 0.25) is 0 Å². The van der Waals surface area contributed by atoms with Crippen LogP contribution >= 0.6 is 0 Å². The summed E-state index contributed by atoms with van der Waals surface area (Å²) in [6.45, 7) is 13.1. The van der Waals surface area contributed by atoms with Crippen molar-refractivity contribution < 1.29 is 4.74 Å². The molecular formula is C20H48O. The molecule has 134 valence electrons. The Morgan fingerprint density at radius 1 is 0.667 bits per heavy atom. The molecule has 0 aromatic heterocycles. The van der Waals surface area contributed by atoms with Crippen LogP contribution in [0.1, 0.15) is 102 Å². The molecule has 3 aliphatic rings. The van der Waals surface area contributed by atoms with Crippen LogP contribution in [0.3, 0.4) is 0 Å². The minimum Gasteiger partial charge on any atom is -0.381 e. The third-order valence-electron chi connectivity index (χ3n) is 3.56. The Kier molecular flexibility index (Phi) is 27.6. The van der Waals surface area contributed by atoms with Gasteiger partial charge in [-0.3, -0.25) is 0 Å². The van der Waals surface area contributed by atoms with Gasteiger partial charge in [-0.15, -0.1) is 0 Å². The molecule has 0 N–H and O–H groups in total. The van der Waals surface area contributed by atoms with Gasteiger partial charge in [0.25, 0.3) is 0 Å². The van der Waals surface area contributed by atoms with Crippen LogP contribution in [0.4, 0.5) is 0 Å². The molecule has 1 aliphatic heterocycles. The normalized spacial score (nSPS) is 18.7. The molecule has 21 heavy (non-hydrogen) atoms. The van der Waals surface area contributed by atoms with E-state index in [0.717, 1.165) is 31.0 Å². The van der Waals surface area contributed by atoms with Gasteiger partial charge in [0, 0.05) is 5.92 Å². The van der Waals surface area contributed by atoms with E-state index in [-0.39, 0.29) is 22.3 Å². The molecule has 0 aromatic carbocycles. The second-order valence-corrected chi connectivity index (χ2v) is 6.36.